The van der Waals surface area contributed by atoms with Gasteiger partial charge in [-0.15, -0.1) is 0 Å². The number of hydrogen-bond donors (Lipinski definition) is 0. The van der Waals surface area contributed by atoms with Gasteiger partial charge in [0.1, 0.15) is 22.7 Å². The van der Waals surface area contributed by atoms with Crippen LogP contribution in [0.4, 0.5) is 34.1 Å². The van der Waals surface area contributed by atoms with Crippen molar-refractivity contribution in [1.82, 2.24) is 9.13 Å². The van der Waals surface area contributed by atoms with E-state index >= 15 is 0 Å². The highest BCUT2D eigenvalue weighted by molar-refractivity contribution is 6.30. The summed E-state index contributed by atoms with van der Waals surface area (Å²) >= 11 is 0. The Morgan fingerprint density at radius 3 is 0.913 bits per heavy atom. The van der Waals surface area contributed by atoms with Gasteiger partial charge in [-0.3, -0.25) is 0 Å². The zero-order chi connectivity index (χ0) is 71.3. The van der Waals surface area contributed by atoms with E-state index in [4.69, 9.17) is 8.83 Å². The topological polar surface area (TPSA) is 42.6 Å². The highest BCUT2D eigenvalue weighted by atomic mass is 16.3. The van der Waals surface area contributed by atoms with Crippen LogP contribution in [0.1, 0.15) is 105 Å². The summed E-state index contributed by atoms with van der Waals surface area (Å²) in [5.41, 5.74) is 22.2. The van der Waals surface area contributed by atoms with Gasteiger partial charge in [-0.05, 0) is 222 Å². The van der Waals surface area contributed by atoms with Gasteiger partial charge >= 0.3 is 0 Å². The van der Waals surface area contributed by atoms with Crippen molar-refractivity contribution in [2.75, 3.05) is 9.80 Å². The summed E-state index contributed by atoms with van der Waals surface area (Å²) in [7, 11) is 0. The molecule has 0 bridgehead atoms. The number of benzene rings is 14. The molecule has 508 valence electrons. The summed E-state index contributed by atoms with van der Waals surface area (Å²) in [5.74, 6) is 1.73. The zero-order valence-corrected chi connectivity index (χ0v) is 61.3. The lowest BCUT2D eigenvalue weighted by Crippen LogP contribution is -2.13. The molecule has 4 heterocycles. The molecule has 0 radical (unpaired) electrons. The maximum absolute atomic E-state index is 6.38. The summed E-state index contributed by atoms with van der Waals surface area (Å²) in [6.45, 7) is 27.5. The summed E-state index contributed by atoms with van der Waals surface area (Å²) in [4.78, 5) is 4.87. The molecule has 0 unspecified atom stereocenters. The maximum atomic E-state index is 6.38. The van der Waals surface area contributed by atoms with E-state index in [1.54, 1.807) is 0 Å². The summed E-state index contributed by atoms with van der Waals surface area (Å²) in [5, 5.41) is 14.0. The molecular weight excluding hydrogens is 1270 g/mol. The van der Waals surface area contributed by atoms with E-state index in [0.717, 1.165) is 134 Å². The first-order valence-electron chi connectivity index (χ1n) is 36.6. The second-order valence-corrected chi connectivity index (χ2v) is 32.7. The molecule has 0 aliphatic heterocycles. The van der Waals surface area contributed by atoms with Gasteiger partial charge < -0.3 is 27.8 Å². The number of hydrogen-bond acceptors (Lipinski definition) is 4. The Balaban J connectivity index is 0.831. The summed E-state index contributed by atoms with van der Waals surface area (Å²) < 4.78 is 17.8. The standard InChI is InChI=1S/C98H84N4O2/c1-95(2,3)69-27-37-73(38-28-69)99(77-35-25-61-53-67(23-21-63(61)55-77)91-57-65-17-13-15-19-89(65)103-91)79-45-47-83-87(59-79)101(75-41-31-71(32-42-75)97(7,8)9)85-51-49-82-81(93(83)85)50-52-86-94(82)84-48-46-80(60-88(84)102(86)76-43-33-72(34-44-76)98(10,11)12)100(74-39-29-70(30-40-74)96(4,5)6)78-36-26-62-54-68(24-22-64(62)56-78)92-58-66-18-14-16-20-90(66)104-92/h13-60H,1-12H3. The molecule has 18 aromatic rings. The van der Waals surface area contributed by atoms with Gasteiger partial charge in [-0.1, -0.05) is 229 Å². The fourth-order valence-electron chi connectivity index (χ4n) is 15.9. The second kappa shape index (κ2) is 23.9. The van der Waals surface area contributed by atoms with Gasteiger partial charge in [0.2, 0.25) is 0 Å². The van der Waals surface area contributed by atoms with Crippen molar-refractivity contribution < 1.29 is 8.83 Å². The van der Waals surface area contributed by atoms with Gasteiger partial charge in [-0.25, -0.2) is 0 Å². The van der Waals surface area contributed by atoms with Gasteiger partial charge in [-0.2, -0.15) is 0 Å². The molecule has 0 aliphatic rings. The van der Waals surface area contributed by atoms with Crippen LogP contribution < -0.4 is 9.80 Å². The Bertz CT molecular complexity index is 5970. The lowest BCUT2D eigenvalue weighted by Gasteiger charge is -2.27. The van der Waals surface area contributed by atoms with Crippen molar-refractivity contribution in [2.45, 2.75) is 105 Å². The third kappa shape index (κ3) is 11.1. The average Bonchev–Trinajstić information content (AvgIpc) is 1.53. The van der Waals surface area contributed by atoms with E-state index in [-0.39, 0.29) is 21.7 Å². The van der Waals surface area contributed by atoms with Crippen molar-refractivity contribution in [3.05, 3.63) is 313 Å². The Kier molecular flexibility index (Phi) is 14.7. The van der Waals surface area contributed by atoms with Gasteiger partial charge in [0.15, 0.2) is 0 Å². The number of rotatable bonds is 10. The molecule has 6 nitrogen and oxygen atoms in total. The smallest absolute Gasteiger partial charge is 0.135 e. The van der Waals surface area contributed by atoms with Gasteiger partial charge in [0, 0.05) is 88.9 Å². The number of aromatic nitrogens is 2. The largest absolute Gasteiger partial charge is 0.456 e. The quantitative estimate of drug-likeness (QED) is 0.137. The van der Waals surface area contributed by atoms with Crippen LogP contribution in [-0.4, -0.2) is 9.13 Å². The molecule has 18 rings (SSSR count). The van der Waals surface area contributed by atoms with Crippen LogP contribution in [0.5, 0.6) is 0 Å². The molecule has 0 aliphatic carbocycles. The fourth-order valence-corrected chi connectivity index (χ4v) is 15.9. The molecule has 0 spiro atoms. The molecule has 0 amide bonds. The Labute approximate surface area is 608 Å². The van der Waals surface area contributed by atoms with Gasteiger partial charge in [0.05, 0.1) is 22.1 Å². The van der Waals surface area contributed by atoms with Crippen LogP contribution in [0.2, 0.25) is 0 Å². The predicted molar refractivity (Wildman–Crippen MR) is 442 cm³/mol. The number of furan rings is 2. The van der Waals surface area contributed by atoms with E-state index in [2.05, 4.69) is 369 Å². The Morgan fingerprint density at radius 1 is 0.240 bits per heavy atom. The number of anilines is 6. The number of fused-ring (bicyclic) bond motifs is 13. The van der Waals surface area contributed by atoms with E-state index in [1.807, 2.05) is 24.3 Å². The molecule has 14 aromatic carbocycles. The fraction of sp³-hybridized carbons (Fsp3) is 0.163. The third-order valence-electron chi connectivity index (χ3n) is 21.7. The second-order valence-electron chi connectivity index (χ2n) is 32.7. The molecule has 0 N–H and O–H groups in total. The molecule has 0 fully saturated rings. The Hall–Kier alpha value is -11.9. The van der Waals surface area contributed by atoms with Gasteiger partial charge in [0.25, 0.3) is 0 Å². The Morgan fingerprint density at radius 2 is 0.548 bits per heavy atom. The van der Waals surface area contributed by atoms with Crippen LogP contribution in [-0.2, 0) is 21.7 Å². The van der Waals surface area contributed by atoms with Crippen LogP contribution in [0.3, 0.4) is 0 Å². The number of nitrogens with zero attached hydrogens (tertiary/aromatic N) is 4. The highest BCUT2D eigenvalue weighted by Gasteiger charge is 2.27. The number of para-hydroxylation sites is 2. The minimum atomic E-state index is -0.0179. The molecular formula is C98H84N4O2. The first kappa shape index (κ1) is 64.3. The first-order valence-corrected chi connectivity index (χ1v) is 36.6. The van der Waals surface area contributed by atoms with Crippen LogP contribution in [0.25, 0.3) is 132 Å². The first-order chi connectivity index (χ1) is 50.0. The lowest BCUT2D eigenvalue weighted by atomic mass is 9.87. The van der Waals surface area contributed by atoms with E-state index in [1.165, 1.54) is 54.6 Å². The van der Waals surface area contributed by atoms with Crippen molar-refractivity contribution >= 4 is 132 Å². The normalized spacial score (nSPS) is 12.6. The maximum Gasteiger partial charge on any atom is 0.135 e. The van der Waals surface area contributed by atoms with Crippen LogP contribution >= 0.6 is 0 Å². The van der Waals surface area contributed by atoms with Crippen molar-refractivity contribution in [3.8, 4) is 34.0 Å². The summed E-state index contributed by atoms with van der Waals surface area (Å²) in [6.07, 6.45) is 0. The molecule has 6 heteroatoms. The van der Waals surface area contributed by atoms with Crippen LogP contribution in [0, 0.1) is 0 Å². The SMILES string of the molecule is CC(C)(C)c1ccc(N(c2ccc3cc(-c4cc5ccccc5o4)ccc3c2)c2ccc3c4c5ccc6c(c5ccc4n(-c4ccc(C(C)(C)C)cc4)c3c2)c2ccc(N(c3ccc(C(C)(C)C)cc3)c3ccc4cc(-c5cc7ccccc7o5)ccc4c3)cc2n6-c2ccc(C(C)(C)C)cc2)cc1. The van der Waals surface area contributed by atoms with Crippen LogP contribution in [0.15, 0.2) is 300 Å². The molecule has 0 saturated heterocycles. The minimum absolute atomic E-state index is 0.0135. The highest BCUT2D eigenvalue weighted by Crippen LogP contribution is 2.48. The average molecular weight is 1350 g/mol. The molecule has 104 heavy (non-hydrogen) atoms. The zero-order valence-electron chi connectivity index (χ0n) is 61.3. The van der Waals surface area contributed by atoms with Crippen molar-refractivity contribution in [2.24, 2.45) is 0 Å². The molecule has 4 aromatic heterocycles. The monoisotopic (exact) mass is 1350 g/mol. The van der Waals surface area contributed by atoms with E-state index in [0.29, 0.717) is 0 Å². The molecule has 0 saturated carbocycles. The molecule has 0 atom stereocenters. The van der Waals surface area contributed by atoms with Crippen molar-refractivity contribution in [1.29, 1.82) is 0 Å². The summed E-state index contributed by atoms with van der Waals surface area (Å²) in [6, 6.07) is 109. The minimum Gasteiger partial charge on any atom is -0.456 e. The predicted octanol–water partition coefficient (Wildman–Crippen LogP) is 28.3. The van der Waals surface area contributed by atoms with E-state index < -0.39 is 0 Å². The van der Waals surface area contributed by atoms with E-state index in [9.17, 15) is 0 Å². The lowest BCUT2D eigenvalue weighted by molar-refractivity contribution is 0.590. The van der Waals surface area contributed by atoms with Crippen molar-refractivity contribution in [3.63, 3.8) is 0 Å². The third-order valence-corrected chi connectivity index (χ3v) is 21.7.